The van der Waals surface area contributed by atoms with E-state index in [0.29, 0.717) is 0 Å². The average Bonchev–Trinajstić information content (AvgIpc) is 2.15. The second-order valence-corrected chi connectivity index (χ2v) is 2.56. The highest BCUT2D eigenvalue weighted by molar-refractivity contribution is 6.09. The molecule has 78 valence electrons. The lowest BCUT2D eigenvalue weighted by Crippen LogP contribution is -2.17. The summed E-state index contributed by atoms with van der Waals surface area (Å²) in [5.74, 6) is 0. The van der Waals surface area contributed by atoms with Gasteiger partial charge in [-0.2, -0.15) is 0 Å². The van der Waals surface area contributed by atoms with E-state index in [4.69, 9.17) is 5.41 Å². The predicted molar refractivity (Wildman–Crippen MR) is 50.2 cm³/mol. The molecule has 0 unspecified atom stereocenters. The third-order valence-corrected chi connectivity index (χ3v) is 1.57. The first-order chi connectivity index (χ1) is 7.00. The van der Waals surface area contributed by atoms with Gasteiger partial charge in [0.2, 0.25) is 0 Å². The number of hydrazine groups is 1. The lowest BCUT2D eigenvalue weighted by atomic mass is 10.1. The molecule has 0 radical (unpaired) electrons. The van der Waals surface area contributed by atoms with Gasteiger partial charge in [0.05, 0.1) is 16.8 Å². The lowest BCUT2D eigenvalue weighted by molar-refractivity contribution is -0.532. The Labute approximate surface area is 83.4 Å². The van der Waals surface area contributed by atoms with E-state index in [1.54, 1.807) is 5.43 Å². The van der Waals surface area contributed by atoms with Crippen molar-refractivity contribution in [1.29, 1.82) is 5.41 Å². The Morgan fingerprint density at radius 1 is 1.33 bits per heavy atom. The van der Waals surface area contributed by atoms with Gasteiger partial charge < -0.3 is 0 Å². The van der Waals surface area contributed by atoms with E-state index in [2.05, 4.69) is 0 Å². The highest BCUT2D eigenvalue weighted by Gasteiger charge is 2.15. The number of nitrogens with zero attached hydrogens (tertiary/aromatic N) is 2. The second kappa shape index (κ2) is 4.13. The summed E-state index contributed by atoms with van der Waals surface area (Å²) in [5, 5.41) is 26.8. The zero-order chi connectivity index (χ0) is 11.4. The van der Waals surface area contributed by atoms with E-state index in [9.17, 15) is 20.2 Å². The van der Waals surface area contributed by atoms with Crippen LogP contribution in [0.15, 0.2) is 35.7 Å². The Morgan fingerprint density at radius 3 is 2.47 bits per heavy atom. The number of hydrogen-bond donors (Lipinski definition) is 2. The standard InChI is InChI=1S/C7H6N4O4/c8-7-3-6(10(12)13)2-1-5(7)4-9-11(14)15/h1-4,8-9H/b5-4-,8-7?. The first-order valence-electron chi connectivity index (χ1n) is 3.74. The minimum absolute atomic E-state index is 0.154. The van der Waals surface area contributed by atoms with E-state index in [1.165, 1.54) is 12.2 Å². The van der Waals surface area contributed by atoms with Crippen LogP contribution < -0.4 is 5.43 Å². The Bertz CT molecular complexity index is 421. The molecule has 0 bridgehead atoms. The summed E-state index contributed by atoms with van der Waals surface area (Å²) >= 11 is 0. The van der Waals surface area contributed by atoms with Gasteiger partial charge in [0.15, 0.2) is 5.03 Å². The molecule has 0 aromatic heterocycles. The van der Waals surface area contributed by atoms with Gasteiger partial charge in [-0.05, 0) is 6.08 Å². The summed E-state index contributed by atoms with van der Waals surface area (Å²) in [6.07, 6.45) is 4.45. The minimum Gasteiger partial charge on any atom is -0.300 e. The van der Waals surface area contributed by atoms with Crippen molar-refractivity contribution < 1.29 is 9.96 Å². The minimum atomic E-state index is -0.791. The maximum Gasteiger partial charge on any atom is 0.271 e. The zero-order valence-electron chi connectivity index (χ0n) is 7.34. The number of nitro groups is 2. The summed E-state index contributed by atoms with van der Waals surface area (Å²) in [7, 11) is 0. The van der Waals surface area contributed by atoms with Gasteiger partial charge in [-0.25, -0.2) is 10.1 Å². The maximum absolute atomic E-state index is 10.3. The summed E-state index contributed by atoms with van der Waals surface area (Å²) in [5.41, 5.74) is 1.59. The molecule has 0 aromatic rings. The van der Waals surface area contributed by atoms with Crippen LogP contribution in [0.2, 0.25) is 0 Å². The van der Waals surface area contributed by atoms with Crippen LogP contribution >= 0.6 is 0 Å². The molecule has 0 fully saturated rings. The molecule has 1 aliphatic rings. The SMILES string of the molecule is N=C1C=C([N+](=O)[O-])C=C/C1=C/N[N+](=O)[O-]. The lowest BCUT2D eigenvalue weighted by Gasteiger charge is -2.03. The Morgan fingerprint density at radius 2 is 2.00 bits per heavy atom. The number of rotatable bonds is 3. The molecule has 2 N–H and O–H groups in total. The molecular formula is C7H6N4O4. The molecule has 0 spiro atoms. The molecule has 0 amide bonds. The maximum atomic E-state index is 10.3. The van der Waals surface area contributed by atoms with Crippen LogP contribution in [0.25, 0.3) is 0 Å². The molecule has 0 heterocycles. The van der Waals surface area contributed by atoms with E-state index in [0.717, 1.165) is 12.3 Å². The summed E-state index contributed by atoms with van der Waals surface area (Å²) in [4.78, 5) is 19.6. The van der Waals surface area contributed by atoms with Crippen molar-refractivity contribution in [2.24, 2.45) is 0 Å². The van der Waals surface area contributed by atoms with Gasteiger partial charge in [0.1, 0.15) is 0 Å². The van der Waals surface area contributed by atoms with Gasteiger partial charge in [0, 0.05) is 17.7 Å². The number of nitrogens with one attached hydrogen (secondary N) is 2. The fourth-order valence-electron chi connectivity index (χ4n) is 0.906. The van der Waals surface area contributed by atoms with Gasteiger partial charge >= 0.3 is 0 Å². The van der Waals surface area contributed by atoms with Gasteiger partial charge in [-0.15, -0.1) is 5.43 Å². The van der Waals surface area contributed by atoms with Crippen LogP contribution in [0.4, 0.5) is 0 Å². The summed E-state index contributed by atoms with van der Waals surface area (Å²) in [6.45, 7) is 0. The van der Waals surface area contributed by atoms with Crippen molar-refractivity contribution in [1.82, 2.24) is 5.43 Å². The predicted octanol–water partition coefficient (Wildman–Crippen LogP) is 0.402. The topological polar surface area (TPSA) is 122 Å². The van der Waals surface area contributed by atoms with Crippen molar-refractivity contribution in [2.45, 2.75) is 0 Å². The van der Waals surface area contributed by atoms with Gasteiger partial charge in [-0.1, -0.05) is 0 Å². The van der Waals surface area contributed by atoms with E-state index in [1.807, 2.05) is 0 Å². The van der Waals surface area contributed by atoms with Crippen molar-refractivity contribution in [3.8, 4) is 0 Å². The second-order valence-electron chi connectivity index (χ2n) is 2.56. The van der Waals surface area contributed by atoms with Crippen LogP contribution in [0.1, 0.15) is 0 Å². The van der Waals surface area contributed by atoms with Crippen molar-refractivity contribution in [3.05, 3.63) is 55.9 Å². The van der Waals surface area contributed by atoms with Crippen LogP contribution in [0.5, 0.6) is 0 Å². The fourth-order valence-corrected chi connectivity index (χ4v) is 0.906. The third-order valence-electron chi connectivity index (χ3n) is 1.57. The largest absolute Gasteiger partial charge is 0.300 e. The van der Waals surface area contributed by atoms with Gasteiger partial charge in [0.25, 0.3) is 5.70 Å². The molecular weight excluding hydrogens is 204 g/mol. The third kappa shape index (κ3) is 2.72. The molecule has 1 aliphatic carbocycles. The smallest absolute Gasteiger partial charge is 0.271 e. The average molecular weight is 210 g/mol. The molecule has 15 heavy (non-hydrogen) atoms. The quantitative estimate of drug-likeness (QED) is 0.515. The van der Waals surface area contributed by atoms with Crippen LogP contribution in [-0.2, 0) is 0 Å². The molecule has 8 nitrogen and oxygen atoms in total. The number of hydrogen-bond acceptors (Lipinski definition) is 5. The van der Waals surface area contributed by atoms with Crippen molar-refractivity contribution in [3.63, 3.8) is 0 Å². The normalized spacial score (nSPS) is 17.5. The monoisotopic (exact) mass is 210 g/mol. The highest BCUT2D eigenvalue weighted by Crippen LogP contribution is 2.12. The van der Waals surface area contributed by atoms with E-state index < -0.39 is 9.96 Å². The Balaban J connectivity index is 2.83. The van der Waals surface area contributed by atoms with Crippen LogP contribution in [0, 0.1) is 25.6 Å². The molecule has 0 saturated carbocycles. The van der Waals surface area contributed by atoms with Crippen molar-refractivity contribution >= 4 is 5.71 Å². The molecule has 0 aromatic carbocycles. The molecule has 0 saturated heterocycles. The Hall–Kier alpha value is -2.51. The first kappa shape index (κ1) is 10.6. The zero-order valence-corrected chi connectivity index (χ0v) is 7.34. The summed E-state index contributed by atoms with van der Waals surface area (Å²) in [6, 6.07) is 0. The molecule has 0 aliphatic heterocycles. The molecule has 1 rings (SSSR count). The fraction of sp³-hybridized carbons (Fsp3) is 0. The highest BCUT2D eigenvalue weighted by atomic mass is 16.7. The van der Waals surface area contributed by atoms with Crippen LogP contribution in [0.3, 0.4) is 0 Å². The first-order valence-corrected chi connectivity index (χ1v) is 3.74. The van der Waals surface area contributed by atoms with E-state index >= 15 is 0 Å². The molecule has 0 atom stereocenters. The summed E-state index contributed by atoms with van der Waals surface area (Å²) < 4.78 is 0. The van der Waals surface area contributed by atoms with Crippen LogP contribution in [-0.4, -0.2) is 15.7 Å². The Kier molecular flexibility index (Phi) is 2.91. The van der Waals surface area contributed by atoms with Crippen molar-refractivity contribution in [2.75, 3.05) is 0 Å². The molecule has 8 heteroatoms. The number of allylic oxidation sites excluding steroid dienone is 4. The van der Waals surface area contributed by atoms with Gasteiger partial charge in [-0.3, -0.25) is 15.5 Å². The van der Waals surface area contributed by atoms with E-state index in [-0.39, 0.29) is 17.0 Å².